The number of nitriles is 1. The highest BCUT2D eigenvalue weighted by molar-refractivity contribution is 7.15. The lowest BCUT2D eigenvalue weighted by Gasteiger charge is -2.19. The third kappa shape index (κ3) is 3.24. The van der Waals surface area contributed by atoms with E-state index in [1.165, 1.54) is 11.3 Å². The van der Waals surface area contributed by atoms with Crippen molar-refractivity contribution in [1.82, 2.24) is 4.98 Å². The minimum atomic E-state index is -0.362. The molecule has 102 valence electrons. The van der Waals surface area contributed by atoms with Gasteiger partial charge in [0.05, 0.1) is 19.1 Å². The fourth-order valence-electron chi connectivity index (χ4n) is 1.89. The van der Waals surface area contributed by atoms with Crippen LogP contribution >= 0.6 is 11.3 Å². The minimum Gasteiger partial charge on any atom is -0.461 e. The predicted octanol–water partition coefficient (Wildman–Crippen LogP) is 2.51. The smallest absolute Gasteiger partial charge is 0.358 e. The molecule has 0 radical (unpaired) electrons. The zero-order valence-corrected chi connectivity index (χ0v) is 12.0. The summed E-state index contributed by atoms with van der Waals surface area (Å²) < 4.78 is 4.99. The molecule has 2 rings (SSSR count). The molecule has 0 unspecified atom stereocenters. The van der Waals surface area contributed by atoms with Crippen LogP contribution in [0.4, 0.5) is 5.13 Å². The molecule has 0 aliphatic heterocycles. The fourth-order valence-corrected chi connectivity index (χ4v) is 2.88. The van der Waals surface area contributed by atoms with Crippen molar-refractivity contribution >= 4 is 22.4 Å². The van der Waals surface area contributed by atoms with Crippen LogP contribution in [0.15, 0.2) is 0 Å². The van der Waals surface area contributed by atoms with Crippen LogP contribution in [-0.2, 0) is 4.74 Å². The Morgan fingerprint density at radius 1 is 1.63 bits per heavy atom. The summed E-state index contributed by atoms with van der Waals surface area (Å²) in [6.45, 7) is 4.69. The normalized spacial score (nSPS) is 13.9. The summed E-state index contributed by atoms with van der Waals surface area (Å²) >= 11 is 1.50. The van der Waals surface area contributed by atoms with Crippen LogP contribution in [0.5, 0.6) is 0 Å². The number of carbonyl (C=O) groups is 1. The molecule has 1 aliphatic carbocycles. The van der Waals surface area contributed by atoms with Crippen LogP contribution in [0.2, 0.25) is 0 Å². The van der Waals surface area contributed by atoms with E-state index in [1.807, 2.05) is 6.92 Å². The van der Waals surface area contributed by atoms with E-state index in [1.54, 1.807) is 6.92 Å². The Morgan fingerprint density at radius 2 is 2.37 bits per heavy atom. The molecular formula is C13H17N3O2S. The Hall–Kier alpha value is -1.61. The van der Waals surface area contributed by atoms with E-state index in [2.05, 4.69) is 16.0 Å². The van der Waals surface area contributed by atoms with Crippen molar-refractivity contribution < 1.29 is 9.53 Å². The van der Waals surface area contributed by atoms with E-state index in [-0.39, 0.29) is 5.97 Å². The van der Waals surface area contributed by atoms with E-state index in [0.717, 1.165) is 22.9 Å². The summed E-state index contributed by atoms with van der Waals surface area (Å²) in [5.74, 6) is -0.362. The lowest BCUT2D eigenvalue weighted by molar-refractivity contribution is 0.0519. The highest BCUT2D eigenvalue weighted by atomic mass is 32.1. The van der Waals surface area contributed by atoms with Crippen molar-refractivity contribution in [2.75, 3.05) is 18.1 Å². The molecule has 5 nitrogen and oxygen atoms in total. The number of hydrogen-bond acceptors (Lipinski definition) is 6. The molecule has 0 atom stereocenters. The first-order valence-corrected chi connectivity index (χ1v) is 7.27. The number of anilines is 1. The van der Waals surface area contributed by atoms with Gasteiger partial charge in [-0.25, -0.2) is 9.78 Å². The van der Waals surface area contributed by atoms with Crippen LogP contribution in [0.3, 0.4) is 0 Å². The summed E-state index contributed by atoms with van der Waals surface area (Å²) in [6, 6.07) is 2.64. The van der Waals surface area contributed by atoms with Crippen LogP contribution < -0.4 is 4.90 Å². The molecule has 0 spiro atoms. The Kier molecular flexibility index (Phi) is 4.38. The van der Waals surface area contributed by atoms with Crippen LogP contribution in [-0.4, -0.2) is 30.1 Å². The quantitative estimate of drug-likeness (QED) is 0.748. The average molecular weight is 279 g/mol. The first-order chi connectivity index (χ1) is 9.17. The van der Waals surface area contributed by atoms with E-state index < -0.39 is 0 Å². The zero-order valence-electron chi connectivity index (χ0n) is 11.2. The number of aryl methyl sites for hydroxylation is 1. The van der Waals surface area contributed by atoms with Crippen molar-refractivity contribution in [1.29, 1.82) is 5.26 Å². The summed E-state index contributed by atoms with van der Waals surface area (Å²) in [4.78, 5) is 19.2. The van der Waals surface area contributed by atoms with Gasteiger partial charge in [0.15, 0.2) is 10.8 Å². The largest absolute Gasteiger partial charge is 0.461 e. The number of ether oxygens (including phenoxy) is 1. The van der Waals surface area contributed by atoms with E-state index in [4.69, 9.17) is 10.00 Å². The number of hydrogen-bond donors (Lipinski definition) is 0. The van der Waals surface area contributed by atoms with Crippen molar-refractivity contribution in [2.24, 2.45) is 0 Å². The molecule has 19 heavy (non-hydrogen) atoms. The highest BCUT2D eigenvalue weighted by Crippen LogP contribution is 2.35. The van der Waals surface area contributed by atoms with Gasteiger partial charge in [-0.2, -0.15) is 5.26 Å². The molecule has 0 aromatic carbocycles. The SMILES string of the molecule is CCOC(=O)c1nc(N(CCC#N)C2CC2)sc1C. The molecule has 0 N–H and O–H groups in total. The fraction of sp³-hybridized carbons (Fsp3) is 0.615. The molecule has 1 aliphatic rings. The van der Waals surface area contributed by atoms with Gasteiger partial charge in [-0.3, -0.25) is 0 Å². The molecular weight excluding hydrogens is 262 g/mol. The third-order valence-corrected chi connectivity index (χ3v) is 3.96. The second-order valence-electron chi connectivity index (χ2n) is 4.45. The Morgan fingerprint density at radius 3 is 2.95 bits per heavy atom. The second kappa shape index (κ2) is 6.02. The first-order valence-electron chi connectivity index (χ1n) is 6.45. The van der Waals surface area contributed by atoms with Crippen LogP contribution in [0.1, 0.15) is 41.6 Å². The summed E-state index contributed by atoms with van der Waals surface area (Å²) in [5, 5.41) is 9.55. The van der Waals surface area contributed by atoms with Gasteiger partial charge in [-0.1, -0.05) is 0 Å². The maximum absolute atomic E-state index is 11.8. The molecule has 1 saturated carbocycles. The standard InChI is InChI=1S/C13H17N3O2S/c1-3-18-12(17)11-9(2)19-13(15-11)16(8-4-7-14)10-5-6-10/h10H,3-6,8H2,1-2H3. The molecule has 1 heterocycles. The third-order valence-electron chi connectivity index (χ3n) is 2.95. The number of thiazole rings is 1. The monoisotopic (exact) mass is 279 g/mol. The summed E-state index contributed by atoms with van der Waals surface area (Å²) in [5.41, 5.74) is 0.407. The number of esters is 1. The van der Waals surface area contributed by atoms with Gasteiger partial charge in [0, 0.05) is 17.5 Å². The van der Waals surface area contributed by atoms with Gasteiger partial charge in [0.1, 0.15) is 0 Å². The topological polar surface area (TPSA) is 66.2 Å². The number of nitrogens with zero attached hydrogens (tertiary/aromatic N) is 3. The van der Waals surface area contributed by atoms with Crippen LogP contribution in [0.25, 0.3) is 0 Å². The molecule has 1 fully saturated rings. The van der Waals surface area contributed by atoms with E-state index in [0.29, 0.717) is 31.3 Å². The molecule has 0 bridgehead atoms. The van der Waals surface area contributed by atoms with Gasteiger partial charge in [0.2, 0.25) is 0 Å². The molecule has 1 aromatic heterocycles. The van der Waals surface area contributed by atoms with E-state index in [9.17, 15) is 4.79 Å². The van der Waals surface area contributed by atoms with Crippen LogP contribution in [0, 0.1) is 18.3 Å². The first kappa shape index (κ1) is 13.8. The molecule has 6 heteroatoms. The van der Waals surface area contributed by atoms with Gasteiger partial charge >= 0.3 is 5.97 Å². The predicted molar refractivity (Wildman–Crippen MR) is 73.4 cm³/mol. The lowest BCUT2D eigenvalue weighted by Crippen LogP contribution is -2.26. The van der Waals surface area contributed by atoms with E-state index >= 15 is 0 Å². The van der Waals surface area contributed by atoms with Gasteiger partial charge in [0.25, 0.3) is 0 Å². The maximum Gasteiger partial charge on any atom is 0.358 e. The molecule has 0 amide bonds. The van der Waals surface area contributed by atoms with Gasteiger partial charge < -0.3 is 9.64 Å². The highest BCUT2D eigenvalue weighted by Gasteiger charge is 2.31. The van der Waals surface area contributed by atoms with Gasteiger partial charge in [-0.15, -0.1) is 11.3 Å². The van der Waals surface area contributed by atoms with Gasteiger partial charge in [-0.05, 0) is 26.7 Å². The Bertz CT molecular complexity index is 502. The van der Waals surface area contributed by atoms with Crippen molar-refractivity contribution in [3.8, 4) is 6.07 Å². The minimum absolute atomic E-state index is 0.353. The number of aromatic nitrogens is 1. The van der Waals surface area contributed by atoms with Crippen molar-refractivity contribution in [3.05, 3.63) is 10.6 Å². The second-order valence-corrected chi connectivity index (χ2v) is 5.64. The summed E-state index contributed by atoms with van der Waals surface area (Å²) in [7, 11) is 0. The lowest BCUT2D eigenvalue weighted by atomic mass is 10.4. The number of carbonyl (C=O) groups excluding carboxylic acids is 1. The Labute approximate surface area is 116 Å². The summed E-state index contributed by atoms with van der Waals surface area (Å²) in [6.07, 6.45) is 2.75. The molecule has 0 saturated heterocycles. The Balaban J connectivity index is 2.17. The maximum atomic E-state index is 11.8. The van der Waals surface area contributed by atoms with Crippen molar-refractivity contribution in [3.63, 3.8) is 0 Å². The zero-order chi connectivity index (χ0) is 13.8. The van der Waals surface area contributed by atoms with Crippen molar-refractivity contribution in [2.45, 2.75) is 39.2 Å². The number of rotatable bonds is 6. The molecule has 1 aromatic rings. The average Bonchev–Trinajstić information content (AvgIpc) is 3.13.